The number of phenols is 1. The molecule has 1 aromatic carbocycles. The molecule has 4 aromatic rings. The number of anilines is 2. The van der Waals surface area contributed by atoms with Crippen LogP contribution in [0.3, 0.4) is 0 Å². The van der Waals surface area contributed by atoms with E-state index in [1.807, 2.05) is 18.7 Å². The van der Waals surface area contributed by atoms with E-state index in [9.17, 15) is 23.9 Å². The number of rotatable bonds is 9. The van der Waals surface area contributed by atoms with Gasteiger partial charge in [0.05, 0.1) is 22.7 Å². The molecule has 3 aromatic heterocycles. The van der Waals surface area contributed by atoms with E-state index in [0.717, 1.165) is 12.6 Å². The van der Waals surface area contributed by atoms with E-state index in [2.05, 4.69) is 20.2 Å². The van der Waals surface area contributed by atoms with Gasteiger partial charge in [-0.1, -0.05) is 11.6 Å². The van der Waals surface area contributed by atoms with Crippen LogP contribution in [0.1, 0.15) is 36.5 Å². The predicted octanol–water partition coefficient (Wildman–Crippen LogP) is 3.27. The second-order valence-electron chi connectivity index (χ2n) is 12.3. The summed E-state index contributed by atoms with van der Waals surface area (Å²) in [4.78, 5) is 51.8. The standard InChI is InChI=1S/C32H34ClF3N8O5/c1-15-11-41(12-16(2)49-3)7-8-43(15)22-10-20(25(33)29(36)39-22)38-23(45)14-42-13-19(17-9-18(30(37)47)28(46)27(35)26(17)34)24-31(42)40-21-5-4-6-44(21)32(24)48/h9-10,13,15-16,46H,4-8,11-12,14H2,1-3H3,(H2,37,47)(H,38,39,45)/t15-,16-/m0/s1. The summed E-state index contributed by atoms with van der Waals surface area (Å²) >= 11 is 6.24. The number of hydrogen-bond donors (Lipinski definition) is 3. The lowest BCUT2D eigenvalue weighted by atomic mass is 10.0. The van der Waals surface area contributed by atoms with Crippen molar-refractivity contribution in [3.05, 3.63) is 62.7 Å². The lowest BCUT2D eigenvalue weighted by Crippen LogP contribution is -2.53. The van der Waals surface area contributed by atoms with E-state index in [0.29, 0.717) is 44.8 Å². The van der Waals surface area contributed by atoms with E-state index < -0.39 is 63.4 Å². The second kappa shape index (κ2) is 13.3. The van der Waals surface area contributed by atoms with E-state index in [4.69, 9.17) is 22.1 Å². The van der Waals surface area contributed by atoms with Gasteiger partial charge in [0.1, 0.15) is 28.9 Å². The number of pyridine rings is 1. The summed E-state index contributed by atoms with van der Waals surface area (Å²) in [5, 5.41) is 12.0. The molecule has 0 unspecified atom stereocenters. The summed E-state index contributed by atoms with van der Waals surface area (Å²) in [5.74, 6) is -6.74. The number of hydrogen-bond acceptors (Lipinski definition) is 9. The fourth-order valence-corrected chi connectivity index (χ4v) is 6.64. The van der Waals surface area contributed by atoms with Crippen LogP contribution in [0.15, 0.2) is 23.1 Å². The Morgan fingerprint density at radius 1 is 1.16 bits per heavy atom. The molecule has 1 saturated heterocycles. The van der Waals surface area contributed by atoms with Gasteiger partial charge in [-0.15, -0.1) is 0 Å². The van der Waals surface area contributed by atoms with E-state index in [1.54, 1.807) is 7.11 Å². The first-order chi connectivity index (χ1) is 23.3. The summed E-state index contributed by atoms with van der Waals surface area (Å²) in [7, 11) is 1.65. The first-order valence-corrected chi connectivity index (χ1v) is 16.0. The Hall–Kier alpha value is -4.67. The average Bonchev–Trinajstić information content (AvgIpc) is 3.67. The number of methoxy groups -OCH3 is 1. The van der Waals surface area contributed by atoms with E-state index >= 15 is 8.78 Å². The number of aromatic hydroxyl groups is 1. The SMILES string of the molecule is CO[C@@H](C)CN1CCN(c2cc(NC(=O)Cn3cc(-c4cc(C(N)=O)c(O)c(F)c4F)c4c(=O)n5c(nc43)CCC5)c(Cl)c(F)n2)[C@@H](C)C1. The molecule has 5 heterocycles. The Kier molecular flexibility index (Phi) is 9.30. The summed E-state index contributed by atoms with van der Waals surface area (Å²) in [6, 6.07) is 2.27. The van der Waals surface area contributed by atoms with Crippen molar-refractivity contribution in [2.75, 3.05) is 43.5 Å². The molecule has 2 atom stereocenters. The summed E-state index contributed by atoms with van der Waals surface area (Å²) < 4.78 is 53.1. The van der Waals surface area contributed by atoms with Gasteiger partial charge in [0.25, 0.3) is 11.5 Å². The van der Waals surface area contributed by atoms with Crippen LogP contribution in [0.25, 0.3) is 22.2 Å². The number of benzene rings is 1. The highest BCUT2D eigenvalue weighted by Crippen LogP contribution is 2.37. The van der Waals surface area contributed by atoms with Crippen LogP contribution < -0.4 is 21.5 Å². The van der Waals surface area contributed by atoms with Gasteiger partial charge in [0.15, 0.2) is 11.6 Å². The van der Waals surface area contributed by atoms with Crippen molar-refractivity contribution in [1.29, 1.82) is 0 Å². The molecular weight excluding hydrogens is 669 g/mol. The molecule has 49 heavy (non-hydrogen) atoms. The van der Waals surface area contributed by atoms with Crippen LogP contribution in [-0.4, -0.2) is 86.4 Å². The van der Waals surface area contributed by atoms with Crippen LogP contribution in [0.5, 0.6) is 5.75 Å². The molecular formula is C32H34ClF3N8O5. The highest BCUT2D eigenvalue weighted by atomic mass is 35.5. The van der Waals surface area contributed by atoms with Gasteiger partial charge in [-0.3, -0.25) is 23.9 Å². The fraction of sp³-hybridized carbons (Fsp3) is 0.406. The molecule has 4 N–H and O–H groups in total. The maximum Gasteiger partial charge on any atom is 0.263 e. The lowest BCUT2D eigenvalue weighted by Gasteiger charge is -2.41. The highest BCUT2D eigenvalue weighted by molar-refractivity contribution is 6.33. The number of ether oxygens (including phenoxy) is 1. The van der Waals surface area contributed by atoms with Crippen molar-refractivity contribution in [3.8, 4) is 16.9 Å². The zero-order valence-electron chi connectivity index (χ0n) is 26.9. The number of fused-ring (bicyclic) bond motifs is 2. The molecule has 0 spiro atoms. The number of halogens is 4. The van der Waals surface area contributed by atoms with Crippen molar-refractivity contribution >= 4 is 46.0 Å². The third-order valence-electron chi connectivity index (χ3n) is 8.99. The smallest absolute Gasteiger partial charge is 0.263 e. The highest BCUT2D eigenvalue weighted by Gasteiger charge is 2.30. The number of primary amides is 1. The minimum atomic E-state index is -1.73. The van der Waals surface area contributed by atoms with Gasteiger partial charge >= 0.3 is 0 Å². The van der Waals surface area contributed by atoms with Crippen LogP contribution in [0, 0.1) is 17.6 Å². The molecule has 0 bridgehead atoms. The molecule has 17 heteroatoms. The van der Waals surface area contributed by atoms with Gasteiger partial charge in [0.2, 0.25) is 17.7 Å². The fourth-order valence-electron chi connectivity index (χ4n) is 6.50. The maximum atomic E-state index is 15.3. The number of carbonyl (C=O) groups excluding carboxylic acids is 2. The zero-order valence-corrected chi connectivity index (χ0v) is 27.7. The van der Waals surface area contributed by atoms with Crippen LogP contribution in [-0.2, 0) is 29.0 Å². The second-order valence-corrected chi connectivity index (χ2v) is 12.7. The molecule has 1 fully saturated rings. The average molecular weight is 703 g/mol. The van der Waals surface area contributed by atoms with Crippen molar-refractivity contribution < 1.29 is 32.6 Å². The van der Waals surface area contributed by atoms with Crippen molar-refractivity contribution in [2.24, 2.45) is 5.73 Å². The van der Waals surface area contributed by atoms with Gasteiger partial charge < -0.3 is 30.4 Å². The zero-order chi connectivity index (χ0) is 35.3. The first kappa shape index (κ1) is 34.2. The van der Waals surface area contributed by atoms with Crippen molar-refractivity contribution in [3.63, 3.8) is 0 Å². The number of aryl methyl sites for hydroxylation is 1. The van der Waals surface area contributed by atoms with Crippen LogP contribution >= 0.6 is 11.6 Å². The van der Waals surface area contributed by atoms with Crippen LogP contribution in [0.4, 0.5) is 24.7 Å². The third kappa shape index (κ3) is 6.31. The summed E-state index contributed by atoms with van der Waals surface area (Å²) in [5.41, 5.74) is 3.26. The number of nitrogens with two attached hydrogens (primary N) is 1. The molecule has 0 radical (unpaired) electrons. The molecule has 2 aliphatic rings. The number of nitrogens with one attached hydrogen (secondary N) is 1. The number of carbonyl (C=O) groups is 2. The normalized spacial score (nSPS) is 17.0. The van der Waals surface area contributed by atoms with Crippen molar-refractivity contribution in [2.45, 2.75) is 51.9 Å². The minimum Gasteiger partial charge on any atom is -0.504 e. The van der Waals surface area contributed by atoms with Crippen LogP contribution in [0.2, 0.25) is 5.02 Å². The maximum absolute atomic E-state index is 15.3. The predicted molar refractivity (Wildman–Crippen MR) is 175 cm³/mol. The Morgan fingerprint density at radius 3 is 2.61 bits per heavy atom. The molecule has 13 nitrogen and oxygen atoms in total. The molecule has 0 saturated carbocycles. The van der Waals surface area contributed by atoms with Gasteiger partial charge in [-0.25, -0.2) is 14.4 Å². The monoisotopic (exact) mass is 702 g/mol. The number of aromatic nitrogens is 4. The summed E-state index contributed by atoms with van der Waals surface area (Å²) in [6.07, 6.45) is 2.36. The molecule has 260 valence electrons. The number of nitrogens with zero attached hydrogens (tertiary/aromatic N) is 6. The molecule has 2 aliphatic heterocycles. The number of piperazine rings is 1. The van der Waals surface area contributed by atoms with Gasteiger partial charge in [-0.2, -0.15) is 8.78 Å². The molecule has 6 rings (SSSR count). The number of amides is 2. The van der Waals surface area contributed by atoms with Gasteiger partial charge in [0, 0.05) is 75.7 Å². The Balaban J connectivity index is 1.34. The largest absolute Gasteiger partial charge is 0.504 e. The Morgan fingerprint density at radius 2 is 1.92 bits per heavy atom. The molecule has 2 amide bonds. The Labute approximate surface area is 283 Å². The van der Waals surface area contributed by atoms with Crippen molar-refractivity contribution in [1.82, 2.24) is 24.0 Å². The topological polar surface area (TPSA) is 161 Å². The Bertz CT molecular complexity index is 2050. The first-order valence-electron chi connectivity index (χ1n) is 15.6. The molecule has 0 aliphatic carbocycles. The van der Waals surface area contributed by atoms with E-state index in [1.165, 1.54) is 21.4 Å². The van der Waals surface area contributed by atoms with E-state index in [-0.39, 0.29) is 40.2 Å². The third-order valence-corrected chi connectivity index (χ3v) is 9.35. The summed E-state index contributed by atoms with van der Waals surface area (Å²) in [6.45, 7) is 6.42. The quantitative estimate of drug-likeness (QED) is 0.223. The lowest BCUT2D eigenvalue weighted by molar-refractivity contribution is -0.116. The van der Waals surface area contributed by atoms with Gasteiger partial charge in [-0.05, 0) is 26.3 Å². The minimum absolute atomic E-state index is 0.000935.